The number of hydrogen-bond acceptors (Lipinski definition) is 4. The van der Waals surface area contributed by atoms with Gasteiger partial charge >= 0.3 is 0 Å². The first-order valence-corrected chi connectivity index (χ1v) is 6.57. The van der Waals surface area contributed by atoms with Gasteiger partial charge < -0.3 is 0 Å². The van der Waals surface area contributed by atoms with Gasteiger partial charge in [0.05, 0.1) is 11.0 Å². The van der Waals surface area contributed by atoms with Crippen LogP contribution >= 0.6 is 22.9 Å². The third-order valence-electron chi connectivity index (χ3n) is 2.66. The summed E-state index contributed by atoms with van der Waals surface area (Å²) in [7, 11) is 0. The standard InChI is InChI=1S/C12H14ClN3S/c1-8-2-3-9(6-10(8)13)11(16-14)7-12-15-4-5-17-12/h2-6,11,16H,7,14H2,1H3. The van der Waals surface area contributed by atoms with Crippen LogP contribution in [0.5, 0.6) is 0 Å². The van der Waals surface area contributed by atoms with E-state index in [9.17, 15) is 0 Å². The minimum absolute atomic E-state index is 0.0410. The lowest BCUT2D eigenvalue weighted by molar-refractivity contribution is 0.550. The number of rotatable bonds is 4. The van der Waals surface area contributed by atoms with E-state index >= 15 is 0 Å². The predicted octanol–water partition coefficient (Wildman–Crippen LogP) is 2.85. The maximum absolute atomic E-state index is 6.12. The first-order valence-electron chi connectivity index (χ1n) is 5.31. The number of nitrogens with one attached hydrogen (secondary N) is 1. The molecule has 0 amide bonds. The van der Waals surface area contributed by atoms with E-state index < -0.39 is 0 Å². The lowest BCUT2D eigenvalue weighted by atomic mass is 10.0. The summed E-state index contributed by atoms with van der Waals surface area (Å²) in [4.78, 5) is 4.26. The van der Waals surface area contributed by atoms with Crippen molar-refractivity contribution in [2.75, 3.05) is 0 Å². The second-order valence-corrected chi connectivity index (χ2v) is 5.24. The Morgan fingerprint density at radius 3 is 2.94 bits per heavy atom. The van der Waals surface area contributed by atoms with E-state index in [1.807, 2.05) is 30.5 Å². The molecule has 2 aromatic rings. The van der Waals surface area contributed by atoms with E-state index in [4.69, 9.17) is 17.4 Å². The molecule has 3 N–H and O–H groups in total. The maximum Gasteiger partial charge on any atom is 0.0944 e. The minimum atomic E-state index is 0.0410. The van der Waals surface area contributed by atoms with Gasteiger partial charge in [-0.2, -0.15) is 0 Å². The van der Waals surface area contributed by atoms with Crippen molar-refractivity contribution in [1.82, 2.24) is 10.4 Å². The molecular weight excluding hydrogens is 254 g/mol. The Balaban J connectivity index is 2.20. The molecule has 0 saturated heterocycles. The number of nitrogens with two attached hydrogens (primary N) is 1. The fourth-order valence-corrected chi connectivity index (χ4v) is 2.48. The van der Waals surface area contributed by atoms with Crippen LogP contribution in [0.15, 0.2) is 29.8 Å². The van der Waals surface area contributed by atoms with Crippen LogP contribution in [0.25, 0.3) is 0 Å². The summed E-state index contributed by atoms with van der Waals surface area (Å²) in [6.45, 7) is 1.98. The Morgan fingerprint density at radius 1 is 1.53 bits per heavy atom. The van der Waals surface area contributed by atoms with Crippen molar-refractivity contribution in [2.45, 2.75) is 19.4 Å². The highest BCUT2D eigenvalue weighted by Gasteiger charge is 2.12. The Labute approximate surface area is 110 Å². The van der Waals surface area contributed by atoms with Crippen LogP contribution in [0.3, 0.4) is 0 Å². The molecule has 0 fully saturated rings. The minimum Gasteiger partial charge on any atom is -0.271 e. The normalized spacial score (nSPS) is 12.6. The average Bonchev–Trinajstić information content (AvgIpc) is 2.82. The molecular formula is C12H14ClN3S. The molecule has 17 heavy (non-hydrogen) atoms. The third-order valence-corrected chi connectivity index (χ3v) is 3.87. The number of halogens is 1. The topological polar surface area (TPSA) is 50.9 Å². The van der Waals surface area contributed by atoms with E-state index in [0.29, 0.717) is 0 Å². The highest BCUT2D eigenvalue weighted by atomic mass is 35.5. The average molecular weight is 268 g/mol. The Kier molecular flexibility index (Phi) is 4.12. The molecule has 3 nitrogen and oxygen atoms in total. The zero-order valence-electron chi connectivity index (χ0n) is 9.48. The molecule has 5 heteroatoms. The zero-order valence-corrected chi connectivity index (χ0v) is 11.1. The van der Waals surface area contributed by atoms with Crippen molar-refractivity contribution >= 4 is 22.9 Å². The lowest BCUT2D eigenvalue weighted by Crippen LogP contribution is -2.29. The van der Waals surface area contributed by atoms with Crippen LogP contribution in [-0.4, -0.2) is 4.98 Å². The van der Waals surface area contributed by atoms with Crippen molar-refractivity contribution in [3.8, 4) is 0 Å². The molecule has 1 aromatic carbocycles. The molecule has 0 aliphatic rings. The largest absolute Gasteiger partial charge is 0.271 e. The monoisotopic (exact) mass is 267 g/mol. The first kappa shape index (κ1) is 12.5. The van der Waals surface area contributed by atoms with Gasteiger partial charge in [0.25, 0.3) is 0 Å². The van der Waals surface area contributed by atoms with Crippen LogP contribution in [0.2, 0.25) is 5.02 Å². The van der Waals surface area contributed by atoms with Gasteiger partial charge in [-0.25, -0.2) is 4.98 Å². The summed E-state index contributed by atoms with van der Waals surface area (Å²) in [5.41, 5.74) is 4.96. The summed E-state index contributed by atoms with van der Waals surface area (Å²) in [6, 6.07) is 6.04. The fraction of sp³-hybridized carbons (Fsp3) is 0.250. The van der Waals surface area contributed by atoms with Gasteiger partial charge in [-0.1, -0.05) is 23.7 Å². The van der Waals surface area contributed by atoms with E-state index in [2.05, 4.69) is 10.4 Å². The number of thiazole rings is 1. The molecule has 0 bridgehead atoms. The molecule has 1 heterocycles. The summed E-state index contributed by atoms with van der Waals surface area (Å²) in [5, 5.41) is 3.79. The highest BCUT2D eigenvalue weighted by Crippen LogP contribution is 2.24. The second-order valence-electron chi connectivity index (χ2n) is 3.86. The molecule has 0 radical (unpaired) electrons. The number of benzene rings is 1. The lowest BCUT2D eigenvalue weighted by Gasteiger charge is -2.15. The van der Waals surface area contributed by atoms with Gasteiger partial charge in [0.1, 0.15) is 0 Å². The summed E-state index contributed by atoms with van der Waals surface area (Å²) in [6.07, 6.45) is 2.57. The van der Waals surface area contributed by atoms with Gasteiger partial charge in [-0.3, -0.25) is 11.3 Å². The SMILES string of the molecule is Cc1ccc(C(Cc2nccs2)NN)cc1Cl. The van der Waals surface area contributed by atoms with Gasteiger partial charge in [0, 0.05) is 23.0 Å². The first-order chi connectivity index (χ1) is 8.20. The Hall–Kier alpha value is -0.940. The molecule has 1 unspecified atom stereocenters. The van der Waals surface area contributed by atoms with E-state index in [1.54, 1.807) is 17.5 Å². The van der Waals surface area contributed by atoms with Crippen molar-refractivity contribution in [3.63, 3.8) is 0 Å². The third kappa shape index (κ3) is 3.04. The van der Waals surface area contributed by atoms with Gasteiger partial charge in [-0.05, 0) is 24.1 Å². The Bertz CT molecular complexity index is 485. The fourth-order valence-electron chi connectivity index (χ4n) is 1.63. The molecule has 0 aliphatic heterocycles. The van der Waals surface area contributed by atoms with Gasteiger partial charge in [-0.15, -0.1) is 11.3 Å². The van der Waals surface area contributed by atoms with E-state index in [0.717, 1.165) is 27.6 Å². The van der Waals surface area contributed by atoms with Crippen molar-refractivity contribution in [3.05, 3.63) is 50.9 Å². The van der Waals surface area contributed by atoms with Crippen molar-refractivity contribution in [2.24, 2.45) is 5.84 Å². The zero-order chi connectivity index (χ0) is 12.3. The number of aromatic nitrogens is 1. The maximum atomic E-state index is 6.12. The Morgan fingerprint density at radius 2 is 2.35 bits per heavy atom. The summed E-state index contributed by atoms with van der Waals surface area (Å²) in [5.74, 6) is 5.59. The number of hydrazine groups is 1. The highest BCUT2D eigenvalue weighted by molar-refractivity contribution is 7.09. The van der Waals surface area contributed by atoms with Crippen LogP contribution in [0.1, 0.15) is 22.2 Å². The van der Waals surface area contributed by atoms with Gasteiger partial charge in [0.15, 0.2) is 0 Å². The van der Waals surface area contributed by atoms with E-state index in [-0.39, 0.29) is 6.04 Å². The quantitative estimate of drug-likeness (QED) is 0.662. The van der Waals surface area contributed by atoms with Gasteiger partial charge in [0.2, 0.25) is 0 Å². The molecule has 2 rings (SSSR count). The second kappa shape index (κ2) is 5.60. The number of aryl methyl sites for hydroxylation is 1. The predicted molar refractivity (Wildman–Crippen MR) is 72.1 cm³/mol. The molecule has 1 atom stereocenters. The number of hydrogen-bond donors (Lipinski definition) is 2. The van der Waals surface area contributed by atoms with Crippen molar-refractivity contribution in [1.29, 1.82) is 0 Å². The van der Waals surface area contributed by atoms with Crippen LogP contribution in [-0.2, 0) is 6.42 Å². The number of nitrogens with zero attached hydrogens (tertiary/aromatic N) is 1. The summed E-state index contributed by atoms with van der Waals surface area (Å²) < 4.78 is 0. The van der Waals surface area contributed by atoms with Crippen LogP contribution in [0.4, 0.5) is 0 Å². The van der Waals surface area contributed by atoms with Crippen LogP contribution in [0, 0.1) is 6.92 Å². The molecule has 0 aliphatic carbocycles. The van der Waals surface area contributed by atoms with E-state index in [1.165, 1.54) is 0 Å². The summed E-state index contributed by atoms with van der Waals surface area (Å²) >= 11 is 7.74. The molecule has 1 aromatic heterocycles. The van der Waals surface area contributed by atoms with Crippen molar-refractivity contribution < 1.29 is 0 Å². The molecule has 0 saturated carbocycles. The van der Waals surface area contributed by atoms with Crippen LogP contribution < -0.4 is 11.3 Å². The smallest absolute Gasteiger partial charge is 0.0944 e. The molecule has 90 valence electrons. The molecule has 0 spiro atoms.